The predicted octanol–water partition coefficient (Wildman–Crippen LogP) is 3.91. The van der Waals surface area contributed by atoms with Gasteiger partial charge < -0.3 is 4.98 Å². The summed E-state index contributed by atoms with van der Waals surface area (Å²) in [4.78, 5) is 19.9. The van der Waals surface area contributed by atoms with E-state index in [1.54, 1.807) is 15.9 Å². The summed E-state index contributed by atoms with van der Waals surface area (Å²) in [5.74, 6) is 0.661. The number of imidazole rings is 1. The lowest BCUT2D eigenvalue weighted by Gasteiger charge is -2.07. The number of hydrogen-bond acceptors (Lipinski definition) is 3. The molecule has 0 atom stereocenters. The topological polar surface area (TPSA) is 50.7 Å². The van der Waals surface area contributed by atoms with Gasteiger partial charge in [-0.15, -0.1) is 11.3 Å². The normalized spacial score (nSPS) is 15.2. The van der Waals surface area contributed by atoms with Gasteiger partial charge in [0.05, 0.1) is 16.7 Å². The van der Waals surface area contributed by atoms with Crippen molar-refractivity contribution in [3.63, 3.8) is 0 Å². The van der Waals surface area contributed by atoms with E-state index < -0.39 is 0 Å². The van der Waals surface area contributed by atoms with Crippen molar-refractivity contribution >= 4 is 22.4 Å². The van der Waals surface area contributed by atoms with Gasteiger partial charge in [-0.05, 0) is 38.8 Å². The number of hydrogen-bond donors (Lipinski definition) is 1. The van der Waals surface area contributed by atoms with E-state index in [4.69, 9.17) is 4.98 Å². The van der Waals surface area contributed by atoms with Crippen molar-refractivity contribution in [2.45, 2.75) is 38.6 Å². The Labute approximate surface area is 126 Å². The second-order valence-corrected chi connectivity index (χ2v) is 6.80. The first kappa shape index (κ1) is 12.8. The van der Waals surface area contributed by atoms with E-state index in [1.807, 2.05) is 32.0 Å². The van der Waals surface area contributed by atoms with Crippen molar-refractivity contribution in [2.24, 2.45) is 0 Å². The molecule has 0 aliphatic heterocycles. The van der Waals surface area contributed by atoms with Crippen LogP contribution in [0, 0.1) is 0 Å². The average Bonchev–Trinajstić information content (AvgIpc) is 3.07. The Morgan fingerprint density at radius 2 is 2.19 bits per heavy atom. The Balaban J connectivity index is 1.92. The maximum Gasteiger partial charge on any atom is 0.326 e. The molecule has 1 aromatic carbocycles. The summed E-state index contributed by atoms with van der Waals surface area (Å²) in [6.45, 7) is 4.05. The van der Waals surface area contributed by atoms with Gasteiger partial charge in [-0.25, -0.2) is 9.78 Å². The minimum absolute atomic E-state index is 0.0496. The van der Waals surface area contributed by atoms with Crippen LogP contribution in [0.1, 0.15) is 44.3 Å². The number of nitrogens with one attached hydrogen (secondary N) is 1. The molecule has 4 rings (SSSR count). The van der Waals surface area contributed by atoms with E-state index >= 15 is 0 Å². The molecule has 0 amide bonds. The van der Waals surface area contributed by atoms with Crippen molar-refractivity contribution in [1.29, 1.82) is 0 Å². The van der Waals surface area contributed by atoms with E-state index in [0.29, 0.717) is 5.92 Å². The first-order chi connectivity index (χ1) is 10.1. The number of aromatic nitrogens is 3. The van der Waals surface area contributed by atoms with Crippen LogP contribution < -0.4 is 5.69 Å². The van der Waals surface area contributed by atoms with Crippen molar-refractivity contribution in [1.82, 2.24) is 14.5 Å². The summed E-state index contributed by atoms with van der Waals surface area (Å²) in [6.07, 6.45) is 2.52. The van der Waals surface area contributed by atoms with E-state index in [1.165, 1.54) is 18.5 Å². The van der Waals surface area contributed by atoms with Gasteiger partial charge in [-0.1, -0.05) is 6.07 Å². The maximum absolute atomic E-state index is 12.2. The molecule has 0 saturated heterocycles. The highest BCUT2D eigenvalue weighted by Crippen LogP contribution is 2.42. The van der Waals surface area contributed by atoms with Crippen LogP contribution in [0.4, 0.5) is 0 Å². The van der Waals surface area contributed by atoms with Gasteiger partial charge in [0.25, 0.3) is 0 Å². The third-order valence-corrected chi connectivity index (χ3v) is 4.91. The fraction of sp³-hybridized carbons (Fsp3) is 0.375. The lowest BCUT2D eigenvalue weighted by molar-refractivity contribution is 0.598. The molecule has 1 aliphatic carbocycles. The quantitative estimate of drug-likeness (QED) is 0.797. The summed E-state index contributed by atoms with van der Waals surface area (Å²) < 4.78 is 1.80. The number of benzene rings is 1. The van der Waals surface area contributed by atoms with Gasteiger partial charge in [0.15, 0.2) is 0 Å². The minimum atomic E-state index is -0.0496. The highest BCUT2D eigenvalue weighted by atomic mass is 32.1. The second kappa shape index (κ2) is 4.56. The van der Waals surface area contributed by atoms with Crippen molar-refractivity contribution in [2.75, 3.05) is 0 Å². The van der Waals surface area contributed by atoms with Gasteiger partial charge in [0, 0.05) is 22.9 Å². The molecular formula is C16H17N3OS. The first-order valence-corrected chi connectivity index (χ1v) is 8.22. The molecule has 1 N–H and O–H groups in total. The van der Waals surface area contributed by atoms with Crippen LogP contribution in [0.2, 0.25) is 0 Å². The van der Waals surface area contributed by atoms with Crippen LogP contribution >= 0.6 is 11.3 Å². The van der Waals surface area contributed by atoms with Crippen LogP contribution in [0.15, 0.2) is 28.4 Å². The van der Waals surface area contributed by atoms with Gasteiger partial charge >= 0.3 is 5.69 Å². The molecule has 0 bridgehead atoms. The Bertz CT molecular complexity index is 867. The van der Waals surface area contributed by atoms with Gasteiger partial charge in [-0.3, -0.25) is 4.57 Å². The largest absolute Gasteiger partial charge is 0.326 e. The minimum Gasteiger partial charge on any atom is -0.305 e. The molecule has 108 valence electrons. The lowest BCUT2D eigenvalue weighted by Crippen LogP contribution is -2.18. The summed E-state index contributed by atoms with van der Waals surface area (Å²) in [5.41, 5.74) is 4.04. The van der Waals surface area contributed by atoms with Crippen molar-refractivity contribution in [3.8, 4) is 10.6 Å². The van der Waals surface area contributed by atoms with Crippen molar-refractivity contribution in [3.05, 3.63) is 39.8 Å². The molecule has 5 heteroatoms. The fourth-order valence-electron chi connectivity index (χ4n) is 2.82. The Morgan fingerprint density at radius 1 is 1.38 bits per heavy atom. The Morgan fingerprint density at radius 3 is 2.90 bits per heavy atom. The summed E-state index contributed by atoms with van der Waals surface area (Å²) in [5, 5.41) is 3.16. The third kappa shape index (κ3) is 2.03. The zero-order chi connectivity index (χ0) is 14.6. The number of aromatic amines is 1. The predicted molar refractivity (Wildman–Crippen MR) is 86.0 cm³/mol. The number of nitrogens with zero attached hydrogens (tertiary/aromatic N) is 2. The number of para-hydroxylation sites is 1. The molecule has 1 aliphatic rings. The van der Waals surface area contributed by atoms with E-state index in [2.05, 4.69) is 10.4 Å². The van der Waals surface area contributed by atoms with Crippen LogP contribution in [0.5, 0.6) is 0 Å². The van der Waals surface area contributed by atoms with Crippen LogP contribution in [0.25, 0.3) is 21.6 Å². The fourth-order valence-corrected chi connectivity index (χ4v) is 3.75. The molecule has 0 radical (unpaired) electrons. The molecule has 2 aromatic heterocycles. The molecule has 0 spiro atoms. The summed E-state index contributed by atoms with van der Waals surface area (Å²) in [7, 11) is 0. The van der Waals surface area contributed by atoms with Crippen LogP contribution in [-0.2, 0) is 0 Å². The van der Waals surface area contributed by atoms with Crippen LogP contribution in [0.3, 0.4) is 0 Å². The standard InChI is InChI=1S/C16H17N3OS/c1-9(2)19-13-5-3-4-11(14(13)18-16(19)20)15-17-12(8-21-15)10-6-7-10/h3-5,8-10H,6-7H2,1-2H3,(H,18,20). The number of fused-ring (bicyclic) bond motifs is 1. The zero-order valence-electron chi connectivity index (χ0n) is 12.1. The lowest BCUT2D eigenvalue weighted by atomic mass is 10.2. The molecule has 3 aromatic rings. The first-order valence-electron chi connectivity index (χ1n) is 7.34. The van der Waals surface area contributed by atoms with Gasteiger partial charge in [0.1, 0.15) is 5.01 Å². The maximum atomic E-state index is 12.2. The molecule has 4 nitrogen and oxygen atoms in total. The molecule has 1 fully saturated rings. The molecular weight excluding hydrogens is 282 g/mol. The number of rotatable bonds is 3. The van der Waals surface area contributed by atoms with E-state index in [0.717, 1.165) is 21.6 Å². The molecule has 21 heavy (non-hydrogen) atoms. The number of H-pyrrole nitrogens is 1. The number of thiazole rings is 1. The second-order valence-electron chi connectivity index (χ2n) is 5.95. The molecule has 1 saturated carbocycles. The van der Waals surface area contributed by atoms with Gasteiger partial charge in [0.2, 0.25) is 0 Å². The SMILES string of the molecule is CC(C)n1c(=O)[nH]c2c(-c3nc(C4CC4)cs3)cccc21. The monoisotopic (exact) mass is 299 g/mol. The summed E-state index contributed by atoms with van der Waals surface area (Å²) in [6, 6.07) is 6.17. The zero-order valence-corrected chi connectivity index (χ0v) is 12.9. The third-order valence-electron chi connectivity index (χ3n) is 4.02. The molecule has 0 unspecified atom stereocenters. The molecule has 2 heterocycles. The van der Waals surface area contributed by atoms with E-state index in [-0.39, 0.29) is 11.7 Å². The van der Waals surface area contributed by atoms with Crippen molar-refractivity contribution < 1.29 is 0 Å². The Hall–Kier alpha value is -1.88. The van der Waals surface area contributed by atoms with E-state index in [9.17, 15) is 4.79 Å². The highest BCUT2D eigenvalue weighted by molar-refractivity contribution is 7.13. The van der Waals surface area contributed by atoms with Crippen LogP contribution in [-0.4, -0.2) is 14.5 Å². The summed E-state index contributed by atoms with van der Waals surface area (Å²) >= 11 is 1.67. The smallest absolute Gasteiger partial charge is 0.305 e. The highest BCUT2D eigenvalue weighted by Gasteiger charge is 2.26. The Kier molecular flexibility index (Phi) is 2.79. The van der Waals surface area contributed by atoms with Gasteiger partial charge in [-0.2, -0.15) is 0 Å². The average molecular weight is 299 g/mol.